The molecule has 1 aliphatic rings. The van der Waals surface area contributed by atoms with Crippen LogP contribution in [0.4, 0.5) is 5.00 Å². The van der Waals surface area contributed by atoms with Crippen molar-refractivity contribution in [3.8, 4) is 0 Å². The van der Waals surface area contributed by atoms with Crippen LogP contribution in [0.1, 0.15) is 50.2 Å². The third kappa shape index (κ3) is 5.24. The quantitative estimate of drug-likeness (QED) is 0.867. The summed E-state index contributed by atoms with van der Waals surface area (Å²) in [6, 6.07) is 0.194. The number of carbonyl (C=O) groups excluding carboxylic acids is 1. The van der Waals surface area contributed by atoms with Gasteiger partial charge in [0, 0.05) is 12.5 Å². The van der Waals surface area contributed by atoms with E-state index >= 15 is 0 Å². The highest BCUT2D eigenvalue weighted by Crippen LogP contribution is 2.29. The first-order chi connectivity index (χ1) is 9.45. The minimum Gasteiger partial charge on any atom is -0.327 e. The number of nitrogens with zero attached hydrogens (tertiary/aromatic N) is 1. The van der Waals surface area contributed by atoms with E-state index in [4.69, 9.17) is 5.73 Å². The van der Waals surface area contributed by atoms with Crippen LogP contribution in [0.5, 0.6) is 0 Å². The fourth-order valence-electron chi connectivity index (χ4n) is 2.83. The number of amides is 1. The number of hydrogen-bond donors (Lipinski definition) is 2. The number of nitrogens with two attached hydrogens (primary N) is 1. The van der Waals surface area contributed by atoms with E-state index in [1.165, 1.54) is 0 Å². The molecule has 1 heterocycles. The van der Waals surface area contributed by atoms with Crippen molar-refractivity contribution < 1.29 is 4.79 Å². The number of hydrogen-bond acceptors (Lipinski definition) is 4. The van der Waals surface area contributed by atoms with Gasteiger partial charge in [-0.25, -0.2) is 4.98 Å². The van der Waals surface area contributed by atoms with Crippen LogP contribution >= 0.6 is 23.7 Å². The lowest BCUT2D eigenvalue weighted by Gasteiger charge is -2.14. The molecule has 2 rings (SSSR count). The molecule has 4 nitrogen and oxygen atoms in total. The van der Waals surface area contributed by atoms with Crippen LogP contribution in [-0.4, -0.2) is 16.9 Å². The lowest BCUT2D eigenvalue weighted by molar-refractivity contribution is -0.117. The zero-order valence-corrected chi connectivity index (χ0v) is 14.6. The topological polar surface area (TPSA) is 68.0 Å². The molecule has 0 bridgehead atoms. The molecule has 2 atom stereocenters. The summed E-state index contributed by atoms with van der Waals surface area (Å²) in [4.78, 5) is 16.7. The van der Waals surface area contributed by atoms with Gasteiger partial charge in [-0.2, -0.15) is 0 Å². The van der Waals surface area contributed by atoms with Gasteiger partial charge in [-0.1, -0.05) is 20.3 Å². The smallest absolute Gasteiger partial charge is 0.225 e. The summed E-state index contributed by atoms with van der Waals surface area (Å²) in [5.41, 5.74) is 7.05. The minimum atomic E-state index is 0. The minimum absolute atomic E-state index is 0. The predicted octanol–water partition coefficient (Wildman–Crippen LogP) is 3.53. The molecule has 0 spiro atoms. The Morgan fingerprint density at radius 2 is 2.19 bits per heavy atom. The maximum atomic E-state index is 12.2. The van der Waals surface area contributed by atoms with Gasteiger partial charge in [0.1, 0.15) is 5.00 Å². The number of aromatic nitrogens is 1. The van der Waals surface area contributed by atoms with E-state index in [1.807, 2.05) is 6.92 Å². The number of nitrogens with one attached hydrogen (secondary N) is 1. The molecule has 1 aromatic rings. The average Bonchev–Trinajstić information content (AvgIpc) is 2.86. The zero-order valence-electron chi connectivity index (χ0n) is 13.0. The number of carbonyl (C=O) groups is 1. The SMILES string of the molecule is Cc1nc(CC(C)C)c(NC(=O)C[C@@H]2CCC[C@H]2N)s1.Cl. The number of halogens is 1. The molecular formula is C15H26ClN3OS. The lowest BCUT2D eigenvalue weighted by atomic mass is 10.00. The van der Waals surface area contributed by atoms with Crippen molar-refractivity contribution >= 4 is 34.7 Å². The summed E-state index contributed by atoms with van der Waals surface area (Å²) >= 11 is 1.57. The van der Waals surface area contributed by atoms with Crippen LogP contribution in [0.15, 0.2) is 0 Å². The summed E-state index contributed by atoms with van der Waals surface area (Å²) in [5, 5.41) is 4.98. The van der Waals surface area contributed by atoms with Gasteiger partial charge in [-0.3, -0.25) is 4.79 Å². The molecule has 0 unspecified atom stereocenters. The highest BCUT2D eigenvalue weighted by Gasteiger charge is 2.26. The standard InChI is InChI=1S/C15H25N3OS.ClH/c1-9(2)7-13-15(20-10(3)17-13)18-14(19)8-11-5-4-6-12(11)16;/h9,11-12H,4-8,16H2,1-3H3,(H,18,19);1H/t11-,12+;/m0./s1. The Morgan fingerprint density at radius 1 is 1.48 bits per heavy atom. The van der Waals surface area contributed by atoms with E-state index in [1.54, 1.807) is 11.3 Å². The van der Waals surface area contributed by atoms with Crippen LogP contribution in [0, 0.1) is 18.8 Å². The zero-order chi connectivity index (χ0) is 14.7. The first kappa shape index (κ1) is 18.4. The Kier molecular flexibility index (Phi) is 7.10. The van der Waals surface area contributed by atoms with Gasteiger partial charge >= 0.3 is 0 Å². The summed E-state index contributed by atoms with van der Waals surface area (Å²) in [6.45, 7) is 6.31. The number of aryl methyl sites for hydroxylation is 1. The molecule has 0 saturated heterocycles. The van der Waals surface area contributed by atoms with E-state index in [2.05, 4.69) is 24.1 Å². The summed E-state index contributed by atoms with van der Waals surface area (Å²) in [5.74, 6) is 0.967. The largest absolute Gasteiger partial charge is 0.327 e. The highest BCUT2D eigenvalue weighted by molar-refractivity contribution is 7.16. The van der Waals surface area contributed by atoms with Gasteiger partial charge in [0.2, 0.25) is 5.91 Å². The molecule has 1 amide bonds. The van der Waals surface area contributed by atoms with Crippen LogP contribution in [0.25, 0.3) is 0 Å². The normalized spacial score (nSPS) is 21.4. The Bertz CT molecular complexity index is 475. The van der Waals surface area contributed by atoms with Crippen LogP contribution in [0.3, 0.4) is 0 Å². The number of anilines is 1. The summed E-state index contributed by atoms with van der Waals surface area (Å²) < 4.78 is 0. The van der Waals surface area contributed by atoms with E-state index in [9.17, 15) is 4.79 Å². The van der Waals surface area contributed by atoms with E-state index < -0.39 is 0 Å². The van der Waals surface area contributed by atoms with E-state index in [0.717, 1.165) is 41.4 Å². The lowest BCUT2D eigenvalue weighted by Crippen LogP contribution is -2.28. The van der Waals surface area contributed by atoms with Gasteiger partial charge in [-0.15, -0.1) is 23.7 Å². The number of rotatable bonds is 5. The molecule has 120 valence electrons. The Morgan fingerprint density at radius 3 is 2.76 bits per heavy atom. The maximum absolute atomic E-state index is 12.2. The highest BCUT2D eigenvalue weighted by atomic mass is 35.5. The fourth-order valence-corrected chi connectivity index (χ4v) is 3.69. The van der Waals surface area contributed by atoms with Crippen molar-refractivity contribution in [2.75, 3.05) is 5.32 Å². The molecule has 6 heteroatoms. The van der Waals surface area contributed by atoms with Crippen LogP contribution in [0.2, 0.25) is 0 Å². The van der Waals surface area contributed by atoms with Gasteiger partial charge in [-0.05, 0) is 38.0 Å². The molecular weight excluding hydrogens is 306 g/mol. The van der Waals surface area contributed by atoms with Crippen molar-refractivity contribution in [3.05, 3.63) is 10.7 Å². The first-order valence-corrected chi connectivity index (χ1v) is 8.29. The second-order valence-corrected chi connectivity index (χ2v) is 7.42. The van der Waals surface area contributed by atoms with Crippen molar-refractivity contribution in [2.24, 2.45) is 17.6 Å². The van der Waals surface area contributed by atoms with Crippen molar-refractivity contribution in [1.29, 1.82) is 0 Å². The molecule has 21 heavy (non-hydrogen) atoms. The number of thiazole rings is 1. The average molecular weight is 332 g/mol. The van der Waals surface area contributed by atoms with E-state index in [0.29, 0.717) is 18.3 Å². The van der Waals surface area contributed by atoms with Crippen LogP contribution < -0.4 is 11.1 Å². The summed E-state index contributed by atoms with van der Waals surface area (Å²) in [6.07, 6.45) is 4.73. The fraction of sp³-hybridized carbons (Fsp3) is 0.733. The van der Waals surface area contributed by atoms with Crippen LogP contribution in [-0.2, 0) is 11.2 Å². The van der Waals surface area contributed by atoms with Gasteiger partial charge in [0.05, 0.1) is 10.7 Å². The van der Waals surface area contributed by atoms with Gasteiger partial charge in [0.25, 0.3) is 0 Å². The molecule has 1 saturated carbocycles. The molecule has 1 fully saturated rings. The second-order valence-electron chi connectivity index (χ2n) is 6.21. The third-order valence-electron chi connectivity index (χ3n) is 3.82. The Labute approximate surface area is 137 Å². The maximum Gasteiger partial charge on any atom is 0.225 e. The Balaban J connectivity index is 0.00000220. The molecule has 0 radical (unpaired) electrons. The van der Waals surface area contributed by atoms with Crippen molar-refractivity contribution in [3.63, 3.8) is 0 Å². The van der Waals surface area contributed by atoms with E-state index in [-0.39, 0.29) is 24.4 Å². The first-order valence-electron chi connectivity index (χ1n) is 7.47. The molecule has 3 N–H and O–H groups in total. The van der Waals surface area contributed by atoms with Gasteiger partial charge in [0.15, 0.2) is 0 Å². The van der Waals surface area contributed by atoms with Crippen molar-refractivity contribution in [2.45, 2.75) is 58.9 Å². The molecule has 0 aromatic carbocycles. The third-order valence-corrected chi connectivity index (χ3v) is 4.75. The monoisotopic (exact) mass is 331 g/mol. The Hall–Kier alpha value is -0.650. The molecule has 1 aliphatic carbocycles. The van der Waals surface area contributed by atoms with Crippen molar-refractivity contribution in [1.82, 2.24) is 4.98 Å². The summed E-state index contributed by atoms with van der Waals surface area (Å²) in [7, 11) is 0. The van der Waals surface area contributed by atoms with Gasteiger partial charge < -0.3 is 11.1 Å². The molecule has 0 aliphatic heterocycles. The molecule has 1 aromatic heterocycles. The predicted molar refractivity (Wildman–Crippen MR) is 91.2 cm³/mol. The second kappa shape index (κ2) is 8.11.